The summed E-state index contributed by atoms with van der Waals surface area (Å²) < 4.78 is 5.32. The van der Waals surface area contributed by atoms with E-state index in [0.717, 1.165) is 19.3 Å². The molecule has 86 valence electrons. The van der Waals surface area contributed by atoms with Crippen molar-refractivity contribution in [3.8, 4) is 0 Å². The lowest BCUT2D eigenvalue weighted by atomic mass is 10.1. The van der Waals surface area contributed by atoms with Gasteiger partial charge in [-0.2, -0.15) is 0 Å². The van der Waals surface area contributed by atoms with Crippen LogP contribution in [0, 0.1) is 0 Å². The topological polar surface area (TPSA) is 21.6 Å². The quantitative estimate of drug-likeness (QED) is 0.279. The average molecular weight is 209 g/mol. The molecule has 0 heterocycles. The molecule has 0 aliphatic carbocycles. The van der Waals surface area contributed by atoms with Gasteiger partial charge in [-0.15, -0.1) is 6.58 Å². The second-order valence-corrected chi connectivity index (χ2v) is 4.72. The zero-order valence-corrected chi connectivity index (χ0v) is 10.4. The standard InChI is InChI=1S/C13H23NO/c1-12(2)9-7-6-8-10-14-11-15-13(3,4)5/h8,10-11H,1,6-7,9H2,2-5H3/b10-8-,14-11?. The summed E-state index contributed by atoms with van der Waals surface area (Å²) >= 11 is 0. The van der Waals surface area contributed by atoms with Gasteiger partial charge in [-0.05, 0) is 47.0 Å². The molecule has 0 saturated heterocycles. The lowest BCUT2D eigenvalue weighted by Crippen LogP contribution is -2.17. The molecule has 0 spiro atoms. The van der Waals surface area contributed by atoms with E-state index in [-0.39, 0.29) is 5.60 Å². The van der Waals surface area contributed by atoms with E-state index in [1.165, 1.54) is 12.0 Å². The molecule has 0 N–H and O–H groups in total. The summed E-state index contributed by atoms with van der Waals surface area (Å²) in [5.41, 5.74) is 1.08. The zero-order chi connectivity index (χ0) is 11.7. The summed E-state index contributed by atoms with van der Waals surface area (Å²) in [6.07, 6.45) is 8.60. The van der Waals surface area contributed by atoms with Crippen LogP contribution in [0.1, 0.15) is 47.0 Å². The number of hydrogen-bond donors (Lipinski definition) is 0. The average Bonchev–Trinajstić information content (AvgIpc) is 2.07. The normalized spacial score (nSPS) is 12.5. The third-order valence-corrected chi connectivity index (χ3v) is 1.63. The van der Waals surface area contributed by atoms with Gasteiger partial charge in [0.15, 0.2) is 6.40 Å². The zero-order valence-electron chi connectivity index (χ0n) is 10.4. The highest BCUT2D eigenvalue weighted by molar-refractivity contribution is 5.48. The molecule has 2 heteroatoms. The summed E-state index contributed by atoms with van der Waals surface area (Å²) in [4.78, 5) is 4.02. The van der Waals surface area contributed by atoms with E-state index in [0.29, 0.717) is 0 Å². The number of hydrogen-bond acceptors (Lipinski definition) is 2. The molecule has 2 nitrogen and oxygen atoms in total. The van der Waals surface area contributed by atoms with Crippen molar-refractivity contribution in [2.45, 2.75) is 52.6 Å². The molecule has 0 unspecified atom stereocenters. The van der Waals surface area contributed by atoms with Crippen LogP contribution in [0.2, 0.25) is 0 Å². The summed E-state index contributed by atoms with van der Waals surface area (Å²) in [6.45, 7) is 11.9. The van der Waals surface area contributed by atoms with E-state index in [1.54, 1.807) is 6.20 Å². The Morgan fingerprint density at radius 1 is 1.40 bits per heavy atom. The van der Waals surface area contributed by atoms with Gasteiger partial charge in [-0.3, -0.25) is 0 Å². The summed E-state index contributed by atoms with van der Waals surface area (Å²) in [5, 5.41) is 0. The Morgan fingerprint density at radius 2 is 2.07 bits per heavy atom. The highest BCUT2D eigenvalue weighted by atomic mass is 16.5. The van der Waals surface area contributed by atoms with E-state index >= 15 is 0 Å². The fourth-order valence-corrected chi connectivity index (χ4v) is 0.881. The Labute approximate surface area is 93.7 Å². The van der Waals surface area contributed by atoms with Crippen molar-refractivity contribution in [1.29, 1.82) is 0 Å². The first kappa shape index (κ1) is 13.9. The van der Waals surface area contributed by atoms with Crippen molar-refractivity contribution in [2.24, 2.45) is 4.99 Å². The predicted molar refractivity (Wildman–Crippen MR) is 67.1 cm³/mol. The van der Waals surface area contributed by atoms with Crippen LogP contribution in [-0.4, -0.2) is 12.0 Å². The lowest BCUT2D eigenvalue weighted by molar-refractivity contribution is 0.126. The number of unbranched alkanes of at least 4 members (excludes halogenated alkanes) is 1. The Kier molecular flexibility index (Phi) is 6.76. The van der Waals surface area contributed by atoms with Gasteiger partial charge in [0, 0.05) is 6.20 Å². The Bertz CT molecular complexity index is 233. The fourth-order valence-electron chi connectivity index (χ4n) is 0.881. The number of rotatable bonds is 6. The number of allylic oxidation sites excluding steroid dienone is 2. The Hall–Kier alpha value is -1.05. The third-order valence-electron chi connectivity index (χ3n) is 1.63. The number of ether oxygens (including phenoxy) is 1. The van der Waals surface area contributed by atoms with Crippen molar-refractivity contribution < 1.29 is 4.74 Å². The van der Waals surface area contributed by atoms with E-state index in [9.17, 15) is 0 Å². The summed E-state index contributed by atoms with van der Waals surface area (Å²) in [6, 6.07) is 0. The molecular weight excluding hydrogens is 186 g/mol. The highest BCUT2D eigenvalue weighted by Crippen LogP contribution is 2.05. The molecule has 0 rings (SSSR count). The summed E-state index contributed by atoms with van der Waals surface area (Å²) in [5.74, 6) is 0. The van der Waals surface area contributed by atoms with E-state index in [1.807, 2.05) is 26.8 Å². The molecule has 0 amide bonds. The SMILES string of the molecule is C=C(C)CCC/C=C\N=COC(C)(C)C. The second kappa shape index (κ2) is 7.27. The smallest absolute Gasteiger partial charge is 0.174 e. The van der Waals surface area contributed by atoms with Crippen molar-refractivity contribution >= 4 is 6.40 Å². The van der Waals surface area contributed by atoms with Crippen molar-refractivity contribution in [2.75, 3.05) is 0 Å². The van der Waals surface area contributed by atoms with Gasteiger partial charge in [0.05, 0.1) is 0 Å². The minimum atomic E-state index is -0.155. The monoisotopic (exact) mass is 209 g/mol. The van der Waals surface area contributed by atoms with Crippen molar-refractivity contribution in [3.63, 3.8) is 0 Å². The van der Waals surface area contributed by atoms with Crippen LogP contribution in [0.5, 0.6) is 0 Å². The second-order valence-electron chi connectivity index (χ2n) is 4.72. The molecule has 0 aliphatic rings. The van der Waals surface area contributed by atoms with E-state index in [2.05, 4.69) is 18.5 Å². The number of aliphatic imine (C=N–C) groups is 1. The Morgan fingerprint density at radius 3 is 2.60 bits per heavy atom. The third kappa shape index (κ3) is 12.9. The van der Waals surface area contributed by atoms with Crippen molar-refractivity contribution in [3.05, 3.63) is 24.4 Å². The first-order valence-corrected chi connectivity index (χ1v) is 5.40. The van der Waals surface area contributed by atoms with Crippen LogP contribution in [0.15, 0.2) is 29.4 Å². The van der Waals surface area contributed by atoms with Crippen LogP contribution in [-0.2, 0) is 4.74 Å². The molecule has 0 fully saturated rings. The predicted octanol–water partition coefficient (Wildman–Crippen LogP) is 4.09. The molecule has 0 aromatic heterocycles. The first-order chi connectivity index (χ1) is 6.92. The largest absolute Gasteiger partial charge is 0.478 e. The molecule has 0 atom stereocenters. The molecule has 0 bridgehead atoms. The van der Waals surface area contributed by atoms with Gasteiger partial charge in [-0.25, -0.2) is 4.99 Å². The fraction of sp³-hybridized carbons (Fsp3) is 0.615. The van der Waals surface area contributed by atoms with Crippen LogP contribution in [0.25, 0.3) is 0 Å². The van der Waals surface area contributed by atoms with Crippen LogP contribution >= 0.6 is 0 Å². The van der Waals surface area contributed by atoms with E-state index in [4.69, 9.17) is 4.74 Å². The molecule has 0 saturated carbocycles. The van der Waals surface area contributed by atoms with Gasteiger partial charge < -0.3 is 4.74 Å². The minimum Gasteiger partial charge on any atom is -0.478 e. The molecular formula is C13H23NO. The maximum atomic E-state index is 5.32. The highest BCUT2D eigenvalue weighted by Gasteiger charge is 2.07. The van der Waals surface area contributed by atoms with Gasteiger partial charge in [0.2, 0.25) is 0 Å². The molecule has 0 radical (unpaired) electrons. The Balaban J connectivity index is 3.50. The molecule has 0 aliphatic heterocycles. The molecule has 15 heavy (non-hydrogen) atoms. The van der Waals surface area contributed by atoms with Crippen LogP contribution in [0.3, 0.4) is 0 Å². The van der Waals surface area contributed by atoms with E-state index < -0.39 is 0 Å². The van der Waals surface area contributed by atoms with Crippen LogP contribution in [0.4, 0.5) is 0 Å². The van der Waals surface area contributed by atoms with Gasteiger partial charge >= 0.3 is 0 Å². The van der Waals surface area contributed by atoms with Gasteiger partial charge in [0.25, 0.3) is 0 Å². The first-order valence-electron chi connectivity index (χ1n) is 5.40. The maximum Gasteiger partial charge on any atom is 0.174 e. The molecule has 0 aromatic carbocycles. The summed E-state index contributed by atoms with van der Waals surface area (Å²) in [7, 11) is 0. The molecule has 0 aromatic rings. The van der Waals surface area contributed by atoms with Crippen LogP contribution < -0.4 is 0 Å². The van der Waals surface area contributed by atoms with Gasteiger partial charge in [-0.1, -0.05) is 11.6 Å². The van der Waals surface area contributed by atoms with Crippen molar-refractivity contribution in [1.82, 2.24) is 0 Å². The lowest BCUT2D eigenvalue weighted by Gasteiger charge is -2.16. The number of nitrogens with zero attached hydrogens (tertiary/aromatic N) is 1. The minimum absolute atomic E-state index is 0.155. The maximum absolute atomic E-state index is 5.32. The van der Waals surface area contributed by atoms with Gasteiger partial charge in [0.1, 0.15) is 5.60 Å².